The number of carbonyl (C=O) groups excluding carboxylic acids is 2. The van der Waals surface area contributed by atoms with E-state index in [0.29, 0.717) is 12.3 Å². The number of halogens is 1. The van der Waals surface area contributed by atoms with Crippen LogP contribution in [-0.4, -0.2) is 11.9 Å². The Morgan fingerprint density at radius 3 is 2.28 bits per heavy atom. The molecule has 0 aliphatic carbocycles. The fourth-order valence-electron chi connectivity index (χ4n) is 2.92. The number of carbonyl (C=O) groups is 2. The number of anilines is 1. The minimum atomic E-state index is -0.457. The summed E-state index contributed by atoms with van der Waals surface area (Å²) >= 11 is 3.41. The zero-order valence-corrected chi connectivity index (χ0v) is 16.9. The lowest BCUT2D eigenvalue weighted by molar-refractivity contribution is -0.113. The molecule has 144 valence electrons. The maximum absolute atomic E-state index is 12.6. The molecule has 0 radical (unpaired) electrons. The highest BCUT2D eigenvalue weighted by Crippen LogP contribution is 2.23. The van der Waals surface area contributed by atoms with E-state index in [-0.39, 0.29) is 11.6 Å². The minimum absolute atomic E-state index is 0.238. The van der Waals surface area contributed by atoms with Crippen LogP contribution in [0.4, 0.5) is 10.5 Å². The van der Waals surface area contributed by atoms with Gasteiger partial charge in [0.1, 0.15) is 18.1 Å². The van der Waals surface area contributed by atoms with Gasteiger partial charge >= 0.3 is 6.03 Å². The zero-order chi connectivity index (χ0) is 20.2. The van der Waals surface area contributed by atoms with Crippen molar-refractivity contribution in [1.82, 2.24) is 5.32 Å². The Labute approximate surface area is 176 Å². The third-order valence-corrected chi connectivity index (χ3v) is 4.93. The molecule has 1 fully saturated rings. The standard InChI is InChI=1S/C23H17BrN2O3/c24-18-10-6-17(7-11-18)15-29-20-12-8-16(9-13-20)14-21-22(27)26(23(28)25-21)19-4-2-1-3-5-19/h1-14H,15H2,(H,25,28)/b21-14+. The quantitative estimate of drug-likeness (QED) is 0.434. The third kappa shape index (κ3) is 4.38. The van der Waals surface area contributed by atoms with Gasteiger partial charge in [-0.15, -0.1) is 0 Å². The first-order valence-electron chi connectivity index (χ1n) is 9.00. The number of rotatable bonds is 5. The molecule has 0 unspecified atom stereocenters. The second-order valence-corrected chi connectivity index (χ2v) is 7.36. The van der Waals surface area contributed by atoms with E-state index >= 15 is 0 Å². The Morgan fingerprint density at radius 1 is 0.897 bits per heavy atom. The number of nitrogens with zero attached hydrogens (tertiary/aromatic N) is 1. The summed E-state index contributed by atoms with van der Waals surface area (Å²) in [6.45, 7) is 0.467. The molecule has 1 aliphatic heterocycles. The zero-order valence-electron chi connectivity index (χ0n) is 15.3. The van der Waals surface area contributed by atoms with Gasteiger partial charge in [-0.05, 0) is 53.6 Å². The van der Waals surface area contributed by atoms with Crippen LogP contribution in [0, 0.1) is 0 Å². The summed E-state index contributed by atoms with van der Waals surface area (Å²) in [6.07, 6.45) is 1.65. The number of imide groups is 1. The number of nitrogens with one attached hydrogen (secondary N) is 1. The first kappa shape index (κ1) is 19.0. The third-order valence-electron chi connectivity index (χ3n) is 4.40. The van der Waals surface area contributed by atoms with E-state index in [2.05, 4.69) is 21.2 Å². The molecule has 4 rings (SSSR count). The molecule has 3 amide bonds. The molecule has 0 saturated carbocycles. The van der Waals surface area contributed by atoms with Crippen molar-refractivity contribution in [2.45, 2.75) is 6.61 Å². The fourth-order valence-corrected chi connectivity index (χ4v) is 3.19. The maximum atomic E-state index is 12.6. The molecule has 5 nitrogen and oxygen atoms in total. The van der Waals surface area contributed by atoms with Crippen LogP contribution in [0.3, 0.4) is 0 Å². The van der Waals surface area contributed by atoms with Gasteiger partial charge < -0.3 is 10.1 Å². The summed E-state index contributed by atoms with van der Waals surface area (Å²) < 4.78 is 6.82. The summed E-state index contributed by atoms with van der Waals surface area (Å²) in [6, 6.07) is 23.7. The van der Waals surface area contributed by atoms with Crippen LogP contribution < -0.4 is 15.0 Å². The predicted octanol–water partition coefficient (Wildman–Crippen LogP) is 5.13. The Morgan fingerprint density at radius 2 is 1.59 bits per heavy atom. The van der Waals surface area contributed by atoms with Gasteiger partial charge in [0.2, 0.25) is 0 Å². The molecule has 1 saturated heterocycles. The monoisotopic (exact) mass is 448 g/mol. The normalized spacial score (nSPS) is 14.9. The lowest BCUT2D eigenvalue weighted by Gasteiger charge is -2.10. The summed E-state index contributed by atoms with van der Waals surface area (Å²) in [7, 11) is 0. The topological polar surface area (TPSA) is 58.6 Å². The van der Waals surface area contributed by atoms with Crippen LogP contribution in [0.25, 0.3) is 6.08 Å². The number of urea groups is 1. The molecule has 1 heterocycles. The van der Waals surface area contributed by atoms with E-state index in [1.807, 2.05) is 54.6 Å². The van der Waals surface area contributed by atoms with Crippen LogP contribution >= 0.6 is 15.9 Å². The van der Waals surface area contributed by atoms with Crippen LogP contribution in [0.2, 0.25) is 0 Å². The highest BCUT2D eigenvalue weighted by atomic mass is 79.9. The van der Waals surface area contributed by atoms with E-state index in [1.165, 1.54) is 0 Å². The maximum Gasteiger partial charge on any atom is 0.333 e. The van der Waals surface area contributed by atoms with Gasteiger partial charge in [-0.1, -0.05) is 58.4 Å². The second-order valence-electron chi connectivity index (χ2n) is 6.45. The summed E-state index contributed by atoms with van der Waals surface area (Å²) in [4.78, 5) is 26.0. The Hall–Kier alpha value is -3.38. The fraction of sp³-hybridized carbons (Fsp3) is 0.0435. The van der Waals surface area contributed by atoms with E-state index < -0.39 is 6.03 Å². The first-order valence-corrected chi connectivity index (χ1v) is 9.79. The Kier molecular flexibility index (Phi) is 5.44. The molecule has 0 aromatic heterocycles. The van der Waals surface area contributed by atoms with Crippen LogP contribution in [0.1, 0.15) is 11.1 Å². The molecular weight excluding hydrogens is 432 g/mol. The average Bonchev–Trinajstić information content (AvgIpc) is 3.02. The number of para-hydroxylation sites is 1. The number of amides is 3. The smallest absolute Gasteiger partial charge is 0.333 e. The molecule has 0 atom stereocenters. The van der Waals surface area contributed by atoms with Gasteiger partial charge in [0.25, 0.3) is 5.91 Å². The highest BCUT2D eigenvalue weighted by molar-refractivity contribution is 9.10. The van der Waals surface area contributed by atoms with E-state index in [9.17, 15) is 9.59 Å². The van der Waals surface area contributed by atoms with Crippen molar-refractivity contribution < 1.29 is 14.3 Å². The molecule has 3 aromatic rings. The van der Waals surface area contributed by atoms with Gasteiger partial charge in [-0.25, -0.2) is 9.69 Å². The van der Waals surface area contributed by atoms with Crippen molar-refractivity contribution in [3.8, 4) is 5.75 Å². The molecule has 3 aromatic carbocycles. The summed E-state index contributed by atoms with van der Waals surface area (Å²) in [5.74, 6) is 0.347. The lowest BCUT2D eigenvalue weighted by atomic mass is 10.2. The molecule has 29 heavy (non-hydrogen) atoms. The van der Waals surface area contributed by atoms with Crippen LogP contribution in [0.15, 0.2) is 89.0 Å². The van der Waals surface area contributed by atoms with Gasteiger partial charge in [0.15, 0.2) is 0 Å². The van der Waals surface area contributed by atoms with Crippen LogP contribution in [-0.2, 0) is 11.4 Å². The SMILES string of the molecule is O=C1N/C(=C/c2ccc(OCc3ccc(Br)cc3)cc2)C(=O)N1c1ccccc1. The highest BCUT2D eigenvalue weighted by Gasteiger charge is 2.34. The molecule has 0 bridgehead atoms. The molecule has 1 N–H and O–H groups in total. The van der Waals surface area contributed by atoms with Crippen molar-refractivity contribution in [2.24, 2.45) is 0 Å². The number of hydrogen-bond acceptors (Lipinski definition) is 3. The number of benzene rings is 3. The number of ether oxygens (including phenoxy) is 1. The van der Waals surface area contributed by atoms with Crippen molar-refractivity contribution in [2.75, 3.05) is 4.90 Å². The summed E-state index contributed by atoms with van der Waals surface area (Å²) in [5.41, 5.74) is 2.64. The number of hydrogen-bond donors (Lipinski definition) is 1. The van der Waals surface area contributed by atoms with E-state index in [4.69, 9.17) is 4.74 Å². The van der Waals surface area contributed by atoms with Crippen molar-refractivity contribution in [3.63, 3.8) is 0 Å². The first-order chi connectivity index (χ1) is 14.1. The second kappa shape index (κ2) is 8.32. The predicted molar refractivity (Wildman–Crippen MR) is 115 cm³/mol. The van der Waals surface area contributed by atoms with Gasteiger partial charge in [-0.3, -0.25) is 4.79 Å². The largest absolute Gasteiger partial charge is 0.489 e. The summed E-state index contributed by atoms with van der Waals surface area (Å²) in [5, 5.41) is 2.63. The van der Waals surface area contributed by atoms with Crippen LogP contribution in [0.5, 0.6) is 5.75 Å². The lowest BCUT2D eigenvalue weighted by Crippen LogP contribution is -2.30. The van der Waals surface area contributed by atoms with Crippen molar-refractivity contribution >= 4 is 39.6 Å². The van der Waals surface area contributed by atoms with Gasteiger partial charge in [0, 0.05) is 4.47 Å². The molecular formula is C23H17BrN2O3. The minimum Gasteiger partial charge on any atom is -0.489 e. The van der Waals surface area contributed by atoms with E-state index in [0.717, 1.165) is 26.2 Å². The van der Waals surface area contributed by atoms with Gasteiger partial charge in [-0.2, -0.15) is 0 Å². The Bertz CT molecular complexity index is 1060. The molecule has 6 heteroatoms. The molecule has 0 spiro atoms. The van der Waals surface area contributed by atoms with Crippen molar-refractivity contribution in [3.05, 3.63) is 100 Å². The van der Waals surface area contributed by atoms with E-state index in [1.54, 1.807) is 30.3 Å². The molecule has 1 aliphatic rings. The average molecular weight is 449 g/mol. The van der Waals surface area contributed by atoms with Gasteiger partial charge in [0.05, 0.1) is 5.69 Å². The Balaban J connectivity index is 1.44. The van der Waals surface area contributed by atoms with Crippen molar-refractivity contribution in [1.29, 1.82) is 0 Å².